The number of aromatic nitrogens is 1. The Morgan fingerprint density at radius 3 is 2.37 bits per heavy atom. The molecular weight excluding hydrogens is 604 g/mol. The van der Waals surface area contributed by atoms with Crippen molar-refractivity contribution in [3.63, 3.8) is 0 Å². The number of carbonyl (C=O) groups is 3. The second-order valence-electron chi connectivity index (χ2n) is 12.6. The average molecular weight is 650 g/mol. The summed E-state index contributed by atoms with van der Waals surface area (Å²) in [6, 6.07) is 3.56. The molecule has 254 valence electrons. The summed E-state index contributed by atoms with van der Waals surface area (Å²) in [7, 11) is 0. The van der Waals surface area contributed by atoms with Crippen molar-refractivity contribution < 1.29 is 41.8 Å². The number of oxazole rings is 1. The lowest BCUT2D eigenvalue weighted by atomic mass is 10.1. The molecule has 1 aliphatic carbocycles. The van der Waals surface area contributed by atoms with E-state index in [0.29, 0.717) is 25.3 Å². The van der Waals surface area contributed by atoms with E-state index in [4.69, 9.17) is 13.9 Å². The minimum absolute atomic E-state index is 0.0237. The van der Waals surface area contributed by atoms with Crippen molar-refractivity contribution in [2.45, 2.75) is 97.4 Å². The molecule has 0 unspecified atom stereocenters. The van der Waals surface area contributed by atoms with Gasteiger partial charge in [-0.3, -0.25) is 4.79 Å². The second-order valence-corrected chi connectivity index (χ2v) is 12.6. The second kappa shape index (κ2) is 15.5. The number of rotatable bonds is 13. The first-order valence-corrected chi connectivity index (χ1v) is 15.9. The SMILES string of the molecule is CCCCCCOc1cc(-c2nc(C(=O)N3CCN(C(=O)NC4CC4)CC3)c([C@H](C)NC(=O)OC(C)(C)C)o2)ccc1OC(F)F. The van der Waals surface area contributed by atoms with Gasteiger partial charge < -0.3 is 39.1 Å². The fourth-order valence-corrected chi connectivity index (χ4v) is 4.87. The number of unbranched alkanes of at least 4 members (excludes halogenated alkanes) is 3. The van der Waals surface area contributed by atoms with Crippen molar-refractivity contribution in [3.8, 4) is 23.0 Å². The third kappa shape index (κ3) is 9.95. The highest BCUT2D eigenvalue weighted by atomic mass is 19.3. The standard InChI is InChI=1S/C32H45F2N5O7/c1-6-7-8-9-18-43-24-19-21(10-13-23(24)44-29(33)34)27-37-25(26(45-27)20(2)35-31(42)46-32(3,4)5)28(40)38-14-16-39(17-15-38)30(41)36-22-11-12-22/h10,13,19-20,22,29H,6-9,11-12,14-18H2,1-5H3,(H,35,42)(H,36,41)/t20-/m0/s1. The third-order valence-corrected chi connectivity index (χ3v) is 7.40. The molecule has 2 heterocycles. The van der Waals surface area contributed by atoms with Crippen molar-refractivity contribution in [1.82, 2.24) is 25.4 Å². The summed E-state index contributed by atoms with van der Waals surface area (Å²) >= 11 is 0. The average Bonchev–Trinajstić information content (AvgIpc) is 3.69. The molecule has 1 saturated carbocycles. The van der Waals surface area contributed by atoms with Gasteiger partial charge in [-0.1, -0.05) is 26.2 Å². The van der Waals surface area contributed by atoms with E-state index in [1.807, 2.05) is 0 Å². The van der Waals surface area contributed by atoms with Gasteiger partial charge >= 0.3 is 18.7 Å². The molecule has 2 N–H and O–H groups in total. The molecule has 2 aromatic rings. The first kappa shape index (κ1) is 34.8. The Hall–Kier alpha value is -4.10. The molecule has 1 atom stereocenters. The van der Waals surface area contributed by atoms with Gasteiger partial charge in [-0.15, -0.1) is 0 Å². The van der Waals surface area contributed by atoms with Crippen LogP contribution in [0.3, 0.4) is 0 Å². The van der Waals surface area contributed by atoms with Crippen molar-refractivity contribution in [3.05, 3.63) is 29.7 Å². The molecule has 12 nitrogen and oxygen atoms in total. The maximum atomic E-state index is 13.8. The fourth-order valence-electron chi connectivity index (χ4n) is 4.87. The molecule has 4 amide bonds. The minimum atomic E-state index is -3.05. The number of alkyl halides is 2. The van der Waals surface area contributed by atoms with E-state index < -0.39 is 30.3 Å². The van der Waals surface area contributed by atoms with Crippen LogP contribution in [0.4, 0.5) is 18.4 Å². The molecule has 0 bridgehead atoms. The van der Waals surface area contributed by atoms with Gasteiger partial charge in [0.15, 0.2) is 23.0 Å². The number of urea groups is 1. The molecule has 14 heteroatoms. The summed E-state index contributed by atoms with van der Waals surface area (Å²) in [6.45, 7) is 7.41. The molecule has 1 aromatic heterocycles. The van der Waals surface area contributed by atoms with E-state index in [1.165, 1.54) is 18.2 Å². The molecule has 1 saturated heterocycles. The Morgan fingerprint density at radius 2 is 1.74 bits per heavy atom. The lowest BCUT2D eigenvalue weighted by Gasteiger charge is -2.34. The van der Waals surface area contributed by atoms with Crippen molar-refractivity contribution in [1.29, 1.82) is 0 Å². The van der Waals surface area contributed by atoms with Gasteiger partial charge in [0, 0.05) is 37.8 Å². The van der Waals surface area contributed by atoms with Crippen LogP contribution in [0.2, 0.25) is 0 Å². The van der Waals surface area contributed by atoms with Crippen LogP contribution in [0.1, 0.15) is 95.4 Å². The van der Waals surface area contributed by atoms with Gasteiger partial charge in [0.05, 0.1) is 12.6 Å². The van der Waals surface area contributed by atoms with Crippen LogP contribution in [-0.2, 0) is 4.74 Å². The van der Waals surface area contributed by atoms with E-state index >= 15 is 0 Å². The topological polar surface area (TPSA) is 135 Å². The Labute approximate surface area is 268 Å². The third-order valence-electron chi connectivity index (χ3n) is 7.40. The zero-order valence-electron chi connectivity index (χ0n) is 27.2. The number of nitrogens with one attached hydrogen (secondary N) is 2. The molecule has 0 radical (unpaired) electrons. The van der Waals surface area contributed by atoms with Crippen molar-refractivity contribution in [2.24, 2.45) is 0 Å². The Bertz CT molecular complexity index is 1350. The van der Waals surface area contributed by atoms with Crippen LogP contribution >= 0.6 is 0 Å². The number of hydrogen-bond donors (Lipinski definition) is 2. The van der Waals surface area contributed by atoms with Crippen LogP contribution in [0.5, 0.6) is 11.5 Å². The summed E-state index contributed by atoms with van der Waals surface area (Å²) in [5, 5.41) is 5.66. The Balaban J connectivity index is 1.59. The number of piperazine rings is 1. The number of carbonyl (C=O) groups excluding carboxylic acids is 3. The van der Waals surface area contributed by atoms with E-state index in [2.05, 4.69) is 27.3 Å². The van der Waals surface area contributed by atoms with Gasteiger partial charge in [0.25, 0.3) is 5.91 Å². The number of ether oxygens (including phenoxy) is 3. The number of nitrogens with zero attached hydrogens (tertiary/aromatic N) is 3. The smallest absolute Gasteiger partial charge is 0.408 e. The van der Waals surface area contributed by atoms with E-state index in [0.717, 1.165) is 38.5 Å². The summed E-state index contributed by atoms with van der Waals surface area (Å²) in [4.78, 5) is 46.7. The maximum absolute atomic E-state index is 13.8. The van der Waals surface area contributed by atoms with Crippen LogP contribution in [0, 0.1) is 0 Å². The number of benzene rings is 1. The first-order chi connectivity index (χ1) is 21.8. The van der Waals surface area contributed by atoms with Gasteiger partial charge in [0.1, 0.15) is 5.60 Å². The van der Waals surface area contributed by atoms with Crippen molar-refractivity contribution >= 4 is 18.0 Å². The zero-order valence-corrected chi connectivity index (χ0v) is 27.2. The molecular formula is C32H45F2N5O7. The monoisotopic (exact) mass is 649 g/mol. The highest BCUT2D eigenvalue weighted by Gasteiger charge is 2.33. The van der Waals surface area contributed by atoms with Crippen molar-refractivity contribution in [2.75, 3.05) is 32.8 Å². The zero-order chi connectivity index (χ0) is 33.4. The number of hydrogen-bond acceptors (Lipinski definition) is 8. The molecule has 2 aliphatic rings. The summed E-state index contributed by atoms with van der Waals surface area (Å²) in [5.74, 6) is -0.369. The predicted octanol–water partition coefficient (Wildman–Crippen LogP) is 6.12. The molecule has 46 heavy (non-hydrogen) atoms. The normalized spacial score (nSPS) is 15.8. The number of halogens is 2. The fraction of sp³-hybridized carbons (Fsp3) is 0.625. The van der Waals surface area contributed by atoms with Gasteiger partial charge in [0.2, 0.25) is 5.89 Å². The maximum Gasteiger partial charge on any atom is 0.408 e. The summed E-state index contributed by atoms with van der Waals surface area (Å²) in [6.07, 6.45) is 4.97. The van der Waals surface area contributed by atoms with E-state index in [1.54, 1.807) is 37.5 Å². The largest absolute Gasteiger partial charge is 0.490 e. The molecule has 1 aliphatic heterocycles. The van der Waals surface area contributed by atoms with Crippen LogP contribution < -0.4 is 20.1 Å². The van der Waals surface area contributed by atoms with Gasteiger partial charge in [-0.05, 0) is 65.2 Å². The molecule has 4 rings (SSSR count). The lowest BCUT2D eigenvalue weighted by molar-refractivity contribution is -0.0515. The first-order valence-electron chi connectivity index (χ1n) is 15.9. The Kier molecular flexibility index (Phi) is 11.7. The number of amides is 4. The summed E-state index contributed by atoms with van der Waals surface area (Å²) in [5.41, 5.74) is -0.420. The van der Waals surface area contributed by atoms with Gasteiger partial charge in [-0.25, -0.2) is 14.6 Å². The summed E-state index contributed by atoms with van der Waals surface area (Å²) < 4.78 is 48.2. The minimum Gasteiger partial charge on any atom is -0.490 e. The quantitative estimate of drug-likeness (QED) is 0.248. The number of alkyl carbamates (subject to hydrolysis) is 1. The highest BCUT2D eigenvalue weighted by molar-refractivity contribution is 5.94. The molecule has 1 aromatic carbocycles. The lowest BCUT2D eigenvalue weighted by Crippen LogP contribution is -2.53. The predicted molar refractivity (Wildman–Crippen MR) is 165 cm³/mol. The van der Waals surface area contributed by atoms with E-state index in [-0.39, 0.29) is 54.0 Å². The Morgan fingerprint density at radius 1 is 1.04 bits per heavy atom. The van der Waals surface area contributed by atoms with Gasteiger partial charge in [-0.2, -0.15) is 8.78 Å². The van der Waals surface area contributed by atoms with E-state index in [9.17, 15) is 23.2 Å². The van der Waals surface area contributed by atoms with Crippen LogP contribution in [0.15, 0.2) is 22.6 Å². The molecule has 2 fully saturated rings. The van der Waals surface area contributed by atoms with Crippen LogP contribution in [-0.4, -0.2) is 83.9 Å². The molecule has 0 spiro atoms. The van der Waals surface area contributed by atoms with Crippen LogP contribution in [0.25, 0.3) is 11.5 Å². The highest BCUT2D eigenvalue weighted by Crippen LogP contribution is 2.35.